The van der Waals surface area contributed by atoms with Gasteiger partial charge in [0, 0.05) is 19.0 Å². The van der Waals surface area contributed by atoms with Gasteiger partial charge in [-0.05, 0) is 45.6 Å². The molecule has 0 aliphatic rings. The molecule has 3 rings (SSSR count). The Morgan fingerprint density at radius 2 is 2.00 bits per heavy atom. The van der Waals surface area contributed by atoms with E-state index in [0.717, 1.165) is 12.8 Å². The van der Waals surface area contributed by atoms with Gasteiger partial charge in [0.15, 0.2) is 5.52 Å². The van der Waals surface area contributed by atoms with Gasteiger partial charge in [-0.3, -0.25) is 9.59 Å². The number of nitrogens with zero attached hydrogens (tertiary/aromatic N) is 3. The summed E-state index contributed by atoms with van der Waals surface area (Å²) in [5.41, 5.74) is 1.98. The molecule has 0 unspecified atom stereocenters. The third-order valence-electron chi connectivity index (χ3n) is 4.82. The average molecular weight is 382 g/mol. The molecule has 0 aliphatic carbocycles. The van der Waals surface area contributed by atoms with Crippen molar-refractivity contribution in [2.45, 2.75) is 59.0 Å². The van der Waals surface area contributed by atoms with E-state index in [1.165, 1.54) is 10.2 Å². The third kappa shape index (κ3) is 4.65. The first-order chi connectivity index (χ1) is 13.5. The summed E-state index contributed by atoms with van der Waals surface area (Å²) in [4.78, 5) is 24.6. The van der Waals surface area contributed by atoms with Crippen LogP contribution in [0.15, 0.2) is 39.6 Å². The van der Waals surface area contributed by atoms with Crippen LogP contribution in [0.25, 0.3) is 10.9 Å². The van der Waals surface area contributed by atoms with Crippen LogP contribution < -0.4 is 10.9 Å². The van der Waals surface area contributed by atoms with Gasteiger partial charge in [0.05, 0.1) is 11.1 Å². The molecule has 0 bridgehead atoms. The Hall–Kier alpha value is -2.96. The molecule has 0 radical (unpaired) electrons. The number of aryl methyl sites for hydroxylation is 4. The standard InChI is InChI=1S/C21H26N4O3/c1-14(11-12-17-8-5-4-6-9-17)22-18(26)10-7-13-25-21(27)20-19(15(2)23-25)16(3)28-24-20/h4-6,8-9,14H,7,10-13H2,1-3H3,(H,22,26)/t14-/m0/s1. The maximum atomic E-state index is 12.4. The number of hydrogen-bond donors (Lipinski definition) is 1. The van der Waals surface area contributed by atoms with E-state index in [1.807, 2.05) is 32.0 Å². The lowest BCUT2D eigenvalue weighted by Gasteiger charge is -2.14. The number of carbonyl (C=O) groups is 1. The van der Waals surface area contributed by atoms with Gasteiger partial charge in [-0.15, -0.1) is 0 Å². The van der Waals surface area contributed by atoms with E-state index in [0.29, 0.717) is 41.7 Å². The molecular formula is C21H26N4O3. The van der Waals surface area contributed by atoms with Crippen LogP contribution >= 0.6 is 0 Å². The van der Waals surface area contributed by atoms with Crippen molar-refractivity contribution >= 4 is 16.8 Å². The fraction of sp³-hybridized carbons (Fsp3) is 0.429. The molecule has 2 aromatic heterocycles. The number of carbonyl (C=O) groups excluding carboxylic acids is 1. The second-order valence-electron chi connectivity index (χ2n) is 7.17. The monoisotopic (exact) mass is 382 g/mol. The zero-order valence-corrected chi connectivity index (χ0v) is 16.6. The van der Waals surface area contributed by atoms with E-state index < -0.39 is 0 Å². The molecule has 2 heterocycles. The van der Waals surface area contributed by atoms with Gasteiger partial charge in [-0.2, -0.15) is 5.10 Å². The fourth-order valence-corrected chi connectivity index (χ4v) is 3.33. The molecule has 1 aromatic carbocycles. The first kappa shape index (κ1) is 19.8. The van der Waals surface area contributed by atoms with Crippen LogP contribution in [-0.2, 0) is 17.8 Å². The Kier molecular flexibility index (Phi) is 6.23. The van der Waals surface area contributed by atoms with Gasteiger partial charge >= 0.3 is 0 Å². The summed E-state index contributed by atoms with van der Waals surface area (Å²) in [5.74, 6) is 0.580. The fourth-order valence-electron chi connectivity index (χ4n) is 3.33. The van der Waals surface area contributed by atoms with E-state index in [-0.39, 0.29) is 17.5 Å². The van der Waals surface area contributed by atoms with E-state index in [1.54, 1.807) is 6.92 Å². The van der Waals surface area contributed by atoms with Crippen molar-refractivity contribution in [2.75, 3.05) is 0 Å². The predicted molar refractivity (Wildman–Crippen MR) is 107 cm³/mol. The molecule has 1 N–H and O–H groups in total. The minimum Gasteiger partial charge on any atom is -0.360 e. The summed E-state index contributed by atoms with van der Waals surface area (Å²) in [6.45, 7) is 5.96. The normalized spacial score (nSPS) is 12.2. The van der Waals surface area contributed by atoms with E-state index in [2.05, 4.69) is 27.7 Å². The summed E-state index contributed by atoms with van der Waals surface area (Å²) in [6.07, 6.45) is 2.70. The molecule has 28 heavy (non-hydrogen) atoms. The Bertz CT molecular complexity index is 1010. The van der Waals surface area contributed by atoms with Crippen molar-refractivity contribution in [1.82, 2.24) is 20.3 Å². The first-order valence-corrected chi connectivity index (χ1v) is 9.62. The highest BCUT2D eigenvalue weighted by Gasteiger charge is 2.15. The summed E-state index contributed by atoms with van der Waals surface area (Å²) in [7, 11) is 0. The summed E-state index contributed by atoms with van der Waals surface area (Å²) < 4.78 is 6.47. The van der Waals surface area contributed by atoms with Gasteiger partial charge in [0.1, 0.15) is 5.76 Å². The van der Waals surface area contributed by atoms with Crippen LogP contribution in [0.1, 0.15) is 43.2 Å². The van der Waals surface area contributed by atoms with Crippen LogP contribution in [0.3, 0.4) is 0 Å². The number of rotatable bonds is 8. The maximum absolute atomic E-state index is 12.4. The first-order valence-electron chi connectivity index (χ1n) is 9.62. The number of aromatic nitrogens is 3. The van der Waals surface area contributed by atoms with Crippen LogP contribution in [0.4, 0.5) is 0 Å². The van der Waals surface area contributed by atoms with Crippen molar-refractivity contribution in [2.24, 2.45) is 0 Å². The zero-order chi connectivity index (χ0) is 20.1. The number of benzene rings is 1. The highest BCUT2D eigenvalue weighted by Crippen LogP contribution is 2.16. The van der Waals surface area contributed by atoms with Crippen LogP contribution in [-0.4, -0.2) is 26.9 Å². The molecular weight excluding hydrogens is 356 g/mol. The van der Waals surface area contributed by atoms with Gasteiger partial charge in [-0.1, -0.05) is 35.5 Å². The minimum absolute atomic E-state index is 0.0105. The molecule has 0 saturated heterocycles. The largest absolute Gasteiger partial charge is 0.360 e. The highest BCUT2D eigenvalue weighted by molar-refractivity contribution is 5.81. The zero-order valence-electron chi connectivity index (χ0n) is 16.6. The van der Waals surface area contributed by atoms with Crippen LogP contribution in [0.5, 0.6) is 0 Å². The van der Waals surface area contributed by atoms with E-state index >= 15 is 0 Å². The average Bonchev–Trinajstić information content (AvgIpc) is 3.07. The topological polar surface area (TPSA) is 90.0 Å². The van der Waals surface area contributed by atoms with Crippen LogP contribution in [0, 0.1) is 13.8 Å². The Morgan fingerprint density at radius 3 is 2.75 bits per heavy atom. The quantitative estimate of drug-likeness (QED) is 0.647. The van der Waals surface area contributed by atoms with E-state index in [9.17, 15) is 9.59 Å². The van der Waals surface area contributed by atoms with Crippen molar-refractivity contribution in [1.29, 1.82) is 0 Å². The summed E-state index contributed by atoms with van der Waals surface area (Å²) in [5, 5.41) is 11.9. The molecule has 3 aromatic rings. The molecule has 0 spiro atoms. The number of nitrogens with one attached hydrogen (secondary N) is 1. The predicted octanol–water partition coefficient (Wildman–Crippen LogP) is 2.92. The molecule has 0 aliphatic heterocycles. The Morgan fingerprint density at radius 1 is 1.25 bits per heavy atom. The lowest BCUT2D eigenvalue weighted by Crippen LogP contribution is -2.33. The van der Waals surface area contributed by atoms with Crippen molar-refractivity contribution < 1.29 is 9.32 Å². The van der Waals surface area contributed by atoms with Crippen LogP contribution in [0.2, 0.25) is 0 Å². The van der Waals surface area contributed by atoms with Crippen molar-refractivity contribution in [3.8, 4) is 0 Å². The Balaban J connectivity index is 1.48. The number of amides is 1. The van der Waals surface area contributed by atoms with Gasteiger partial charge < -0.3 is 9.84 Å². The third-order valence-corrected chi connectivity index (χ3v) is 4.82. The number of fused-ring (bicyclic) bond motifs is 1. The molecule has 1 amide bonds. The van der Waals surface area contributed by atoms with Gasteiger partial charge in [-0.25, -0.2) is 4.68 Å². The summed E-state index contributed by atoms with van der Waals surface area (Å²) in [6, 6.07) is 10.3. The summed E-state index contributed by atoms with van der Waals surface area (Å²) >= 11 is 0. The second-order valence-corrected chi connectivity index (χ2v) is 7.17. The Labute approximate surface area is 163 Å². The molecule has 0 saturated carbocycles. The molecule has 0 fully saturated rings. The minimum atomic E-state index is -0.283. The second kappa shape index (κ2) is 8.82. The van der Waals surface area contributed by atoms with Gasteiger partial charge in [0.2, 0.25) is 5.91 Å². The van der Waals surface area contributed by atoms with Crippen molar-refractivity contribution in [3.63, 3.8) is 0 Å². The smallest absolute Gasteiger partial charge is 0.296 e. The van der Waals surface area contributed by atoms with Gasteiger partial charge in [0.25, 0.3) is 5.56 Å². The lowest BCUT2D eigenvalue weighted by atomic mass is 10.1. The molecule has 7 heteroatoms. The highest BCUT2D eigenvalue weighted by atomic mass is 16.5. The molecule has 7 nitrogen and oxygen atoms in total. The van der Waals surface area contributed by atoms with E-state index in [4.69, 9.17) is 4.52 Å². The maximum Gasteiger partial charge on any atom is 0.296 e. The molecule has 1 atom stereocenters. The number of hydrogen-bond acceptors (Lipinski definition) is 5. The lowest BCUT2D eigenvalue weighted by molar-refractivity contribution is -0.121. The molecule has 148 valence electrons. The SMILES string of the molecule is Cc1nn(CCCC(=O)N[C@@H](C)CCc2ccccc2)c(=O)c2noc(C)c12. The van der Waals surface area contributed by atoms with Crippen molar-refractivity contribution in [3.05, 3.63) is 57.7 Å².